The molecule has 2 atom stereocenters. The lowest BCUT2D eigenvalue weighted by Gasteiger charge is -2.36. The highest BCUT2D eigenvalue weighted by Gasteiger charge is 2.31. The van der Waals surface area contributed by atoms with E-state index in [1.165, 1.54) is 32.1 Å². The van der Waals surface area contributed by atoms with E-state index in [1.807, 2.05) is 19.1 Å². The van der Waals surface area contributed by atoms with Gasteiger partial charge in [-0.15, -0.1) is 5.10 Å². The number of hydrogen-bond donors (Lipinski definition) is 0. The van der Waals surface area contributed by atoms with Crippen LogP contribution in [0.4, 0.5) is 0 Å². The molecule has 2 aromatic rings. The molecule has 0 radical (unpaired) electrons. The molecule has 7 heteroatoms. The van der Waals surface area contributed by atoms with Crippen LogP contribution in [0.5, 0.6) is 0 Å². The van der Waals surface area contributed by atoms with Crippen LogP contribution < -0.4 is 0 Å². The quantitative estimate of drug-likeness (QED) is 0.847. The van der Waals surface area contributed by atoms with Crippen molar-refractivity contribution in [2.75, 3.05) is 19.7 Å². The van der Waals surface area contributed by atoms with Crippen molar-refractivity contribution in [1.82, 2.24) is 25.1 Å². The Morgan fingerprint density at radius 3 is 2.80 bits per heavy atom. The molecule has 0 amide bonds. The van der Waals surface area contributed by atoms with Crippen molar-refractivity contribution in [1.29, 1.82) is 0 Å². The molecule has 7 nitrogen and oxygen atoms in total. The fourth-order valence-corrected chi connectivity index (χ4v) is 4.04. The van der Waals surface area contributed by atoms with E-state index in [0.29, 0.717) is 12.6 Å². The molecule has 1 aliphatic carbocycles. The van der Waals surface area contributed by atoms with Gasteiger partial charge in [0.2, 0.25) is 0 Å². The van der Waals surface area contributed by atoms with Crippen molar-refractivity contribution in [3.8, 4) is 0 Å². The first-order valence-corrected chi connectivity index (χ1v) is 9.42. The van der Waals surface area contributed by atoms with Crippen molar-refractivity contribution < 1.29 is 9.15 Å². The van der Waals surface area contributed by atoms with Crippen LogP contribution in [0.3, 0.4) is 0 Å². The van der Waals surface area contributed by atoms with Crippen LogP contribution in [-0.4, -0.2) is 44.8 Å². The van der Waals surface area contributed by atoms with Crippen molar-refractivity contribution in [2.45, 2.75) is 64.1 Å². The lowest BCUT2D eigenvalue weighted by molar-refractivity contribution is -0.0542. The number of tetrazole rings is 1. The van der Waals surface area contributed by atoms with Gasteiger partial charge >= 0.3 is 0 Å². The highest BCUT2D eigenvalue weighted by molar-refractivity contribution is 5.09. The van der Waals surface area contributed by atoms with Crippen molar-refractivity contribution in [2.24, 2.45) is 0 Å². The van der Waals surface area contributed by atoms with Gasteiger partial charge < -0.3 is 9.15 Å². The standard InChI is InChI=1S/C18H27N5O2/c1-13-8-9-16(25-13)17-12-22(10-11-24-17)14(2)18-19-20-21-23(18)15-6-4-3-5-7-15/h8-9,14-15,17H,3-7,10-12H2,1-2H3. The van der Waals surface area contributed by atoms with Gasteiger partial charge in [-0.1, -0.05) is 19.3 Å². The predicted octanol–water partition coefficient (Wildman–Crippen LogP) is 3.21. The number of aryl methyl sites for hydroxylation is 1. The highest BCUT2D eigenvalue weighted by atomic mass is 16.5. The number of rotatable bonds is 4. The van der Waals surface area contributed by atoms with Gasteiger partial charge in [0.15, 0.2) is 5.82 Å². The van der Waals surface area contributed by atoms with E-state index >= 15 is 0 Å². The number of ether oxygens (including phenoxy) is 1. The fourth-order valence-electron chi connectivity index (χ4n) is 4.04. The Morgan fingerprint density at radius 1 is 1.20 bits per heavy atom. The number of hydrogen-bond acceptors (Lipinski definition) is 6. The van der Waals surface area contributed by atoms with E-state index in [-0.39, 0.29) is 12.1 Å². The number of morpholine rings is 1. The first kappa shape index (κ1) is 16.7. The molecule has 0 aromatic carbocycles. The van der Waals surface area contributed by atoms with Crippen LogP contribution in [0.2, 0.25) is 0 Å². The predicted molar refractivity (Wildman–Crippen MR) is 92.1 cm³/mol. The molecule has 0 N–H and O–H groups in total. The van der Waals surface area contributed by atoms with Gasteiger partial charge in [0.1, 0.15) is 17.6 Å². The van der Waals surface area contributed by atoms with Crippen molar-refractivity contribution >= 4 is 0 Å². The number of aromatic nitrogens is 4. The molecular weight excluding hydrogens is 318 g/mol. The van der Waals surface area contributed by atoms with Crippen molar-refractivity contribution in [3.05, 3.63) is 29.5 Å². The molecule has 4 rings (SSSR count). The maximum atomic E-state index is 5.93. The third kappa shape index (κ3) is 3.48. The fraction of sp³-hybridized carbons (Fsp3) is 0.722. The minimum atomic E-state index is -0.0242. The molecule has 25 heavy (non-hydrogen) atoms. The van der Waals surface area contributed by atoms with Crippen LogP contribution >= 0.6 is 0 Å². The zero-order valence-corrected chi connectivity index (χ0v) is 15.1. The Labute approximate surface area is 148 Å². The Balaban J connectivity index is 1.49. The molecule has 2 aliphatic rings. The van der Waals surface area contributed by atoms with E-state index in [0.717, 1.165) is 30.4 Å². The van der Waals surface area contributed by atoms with E-state index < -0.39 is 0 Å². The van der Waals surface area contributed by atoms with Crippen LogP contribution in [0.15, 0.2) is 16.5 Å². The molecule has 1 saturated carbocycles. The smallest absolute Gasteiger partial charge is 0.168 e. The van der Waals surface area contributed by atoms with Gasteiger partial charge in [0.05, 0.1) is 18.7 Å². The zero-order valence-electron chi connectivity index (χ0n) is 15.1. The summed E-state index contributed by atoms with van der Waals surface area (Å²) in [7, 11) is 0. The molecule has 2 unspecified atom stereocenters. The van der Waals surface area contributed by atoms with Gasteiger partial charge in [-0.3, -0.25) is 4.90 Å². The summed E-state index contributed by atoms with van der Waals surface area (Å²) in [6.07, 6.45) is 6.22. The molecule has 1 saturated heterocycles. The minimum absolute atomic E-state index is 0.0242. The Morgan fingerprint density at radius 2 is 2.04 bits per heavy atom. The van der Waals surface area contributed by atoms with Gasteiger partial charge in [0.25, 0.3) is 0 Å². The largest absolute Gasteiger partial charge is 0.464 e. The zero-order chi connectivity index (χ0) is 17.2. The second kappa shape index (κ2) is 7.25. The molecule has 136 valence electrons. The summed E-state index contributed by atoms with van der Waals surface area (Å²) in [6.45, 7) is 6.53. The molecule has 0 spiro atoms. The van der Waals surface area contributed by atoms with E-state index in [1.54, 1.807) is 0 Å². The third-order valence-electron chi connectivity index (χ3n) is 5.54. The van der Waals surface area contributed by atoms with E-state index in [4.69, 9.17) is 9.15 Å². The van der Waals surface area contributed by atoms with Crippen LogP contribution in [0.1, 0.15) is 74.6 Å². The summed E-state index contributed by atoms with van der Waals surface area (Å²) in [5.41, 5.74) is 0. The second-order valence-corrected chi connectivity index (χ2v) is 7.25. The Hall–Kier alpha value is -1.73. The first-order valence-electron chi connectivity index (χ1n) is 9.42. The normalized spacial score (nSPS) is 24.5. The van der Waals surface area contributed by atoms with E-state index in [2.05, 4.69) is 32.0 Å². The van der Waals surface area contributed by atoms with Crippen LogP contribution in [0, 0.1) is 6.92 Å². The first-order chi connectivity index (χ1) is 12.2. The summed E-state index contributed by atoms with van der Waals surface area (Å²) < 4.78 is 13.8. The maximum absolute atomic E-state index is 5.93. The molecule has 1 aliphatic heterocycles. The Bertz CT molecular complexity index is 691. The van der Waals surface area contributed by atoms with Gasteiger partial charge in [0, 0.05) is 13.1 Å². The van der Waals surface area contributed by atoms with Gasteiger partial charge in [-0.2, -0.15) is 0 Å². The molecule has 2 fully saturated rings. The average Bonchev–Trinajstić information content (AvgIpc) is 3.31. The summed E-state index contributed by atoms with van der Waals surface area (Å²) in [5.74, 6) is 2.80. The topological polar surface area (TPSA) is 69.2 Å². The van der Waals surface area contributed by atoms with Crippen LogP contribution in [0.25, 0.3) is 0 Å². The SMILES string of the molecule is Cc1ccc(C2CN(C(C)c3nnnn3C3CCCCC3)CCO2)o1. The third-order valence-corrected chi connectivity index (χ3v) is 5.54. The minimum Gasteiger partial charge on any atom is -0.464 e. The van der Waals surface area contributed by atoms with E-state index in [9.17, 15) is 0 Å². The molecular formula is C18H27N5O2. The maximum Gasteiger partial charge on any atom is 0.168 e. The summed E-state index contributed by atoms with van der Waals surface area (Å²) in [5, 5.41) is 12.7. The molecule has 3 heterocycles. The number of nitrogens with zero attached hydrogens (tertiary/aromatic N) is 5. The number of furan rings is 1. The Kier molecular flexibility index (Phi) is 4.85. The summed E-state index contributed by atoms with van der Waals surface area (Å²) >= 11 is 0. The monoisotopic (exact) mass is 345 g/mol. The highest BCUT2D eigenvalue weighted by Crippen LogP contribution is 2.32. The lowest BCUT2D eigenvalue weighted by Crippen LogP contribution is -2.40. The second-order valence-electron chi connectivity index (χ2n) is 7.25. The molecule has 0 bridgehead atoms. The van der Waals surface area contributed by atoms with Crippen molar-refractivity contribution in [3.63, 3.8) is 0 Å². The summed E-state index contributed by atoms with van der Waals surface area (Å²) in [4.78, 5) is 2.40. The molecule has 2 aromatic heterocycles. The van der Waals surface area contributed by atoms with Gasteiger partial charge in [-0.05, 0) is 49.2 Å². The lowest BCUT2D eigenvalue weighted by atomic mass is 9.95. The van der Waals surface area contributed by atoms with Crippen LogP contribution in [-0.2, 0) is 4.74 Å². The van der Waals surface area contributed by atoms with Gasteiger partial charge in [-0.25, -0.2) is 4.68 Å². The average molecular weight is 345 g/mol. The summed E-state index contributed by atoms with van der Waals surface area (Å²) in [6, 6.07) is 4.62.